The summed E-state index contributed by atoms with van der Waals surface area (Å²) in [6.07, 6.45) is 5.50. The summed E-state index contributed by atoms with van der Waals surface area (Å²) in [5.41, 5.74) is 0.637. The lowest BCUT2D eigenvalue weighted by molar-refractivity contribution is -0.115. The zero-order chi connectivity index (χ0) is 17.9. The highest BCUT2D eigenvalue weighted by Gasteiger charge is 2.27. The molecule has 138 valence electrons. The first-order chi connectivity index (χ1) is 12.7. The molecule has 0 bridgehead atoms. The number of morpholine rings is 1. The summed E-state index contributed by atoms with van der Waals surface area (Å²) in [5.74, 6) is 0.306. The van der Waals surface area contributed by atoms with Crippen LogP contribution in [0.1, 0.15) is 18.5 Å². The van der Waals surface area contributed by atoms with Crippen molar-refractivity contribution in [1.82, 2.24) is 20.2 Å². The van der Waals surface area contributed by atoms with Crippen molar-refractivity contribution in [2.45, 2.75) is 18.9 Å². The van der Waals surface area contributed by atoms with E-state index in [0.717, 1.165) is 64.0 Å². The van der Waals surface area contributed by atoms with Crippen LogP contribution >= 0.6 is 11.8 Å². The Morgan fingerprint density at radius 3 is 2.65 bits per heavy atom. The average Bonchev–Trinajstić information content (AvgIpc) is 3.00. The summed E-state index contributed by atoms with van der Waals surface area (Å²) in [7, 11) is 0. The van der Waals surface area contributed by atoms with E-state index in [1.165, 1.54) is 0 Å². The second kappa shape index (κ2) is 7.73. The Hall–Kier alpha value is -1.97. The molecular weight excluding hydrogens is 354 g/mol. The molecule has 3 saturated heterocycles. The Morgan fingerprint density at radius 1 is 1.19 bits per heavy atom. The lowest BCUT2D eigenvalue weighted by atomic mass is 10.0. The Labute approximate surface area is 156 Å². The van der Waals surface area contributed by atoms with Crippen LogP contribution in [-0.2, 0) is 9.53 Å². The fourth-order valence-corrected chi connectivity index (χ4v) is 4.19. The third-order valence-electron chi connectivity index (χ3n) is 4.89. The van der Waals surface area contributed by atoms with Crippen molar-refractivity contribution in [3.8, 4) is 0 Å². The van der Waals surface area contributed by atoms with Crippen LogP contribution in [0.4, 0.5) is 10.7 Å². The molecule has 0 aliphatic carbocycles. The first kappa shape index (κ1) is 17.4. The molecule has 3 aliphatic heterocycles. The molecule has 9 heteroatoms. The van der Waals surface area contributed by atoms with Gasteiger partial charge in [-0.05, 0) is 36.7 Å². The molecule has 26 heavy (non-hydrogen) atoms. The summed E-state index contributed by atoms with van der Waals surface area (Å²) >= 11 is 0.898. The average molecular weight is 375 g/mol. The number of imide groups is 1. The summed E-state index contributed by atoms with van der Waals surface area (Å²) in [6.45, 7) is 5.51. The highest BCUT2D eigenvalue weighted by atomic mass is 32.2. The molecule has 0 spiro atoms. The van der Waals surface area contributed by atoms with E-state index < -0.39 is 0 Å². The van der Waals surface area contributed by atoms with Gasteiger partial charge in [-0.25, -0.2) is 9.97 Å². The SMILES string of the molecule is O=C1NC(=O)/C(=C\c2ccnc(N3CCC(N4CCOCC4)CC3)n2)S1. The standard InChI is InChI=1S/C17H21N5O3S/c23-15-14(26-17(24)20-15)11-12-1-4-18-16(19-12)22-5-2-13(3-6-22)21-7-9-25-10-8-21/h1,4,11,13H,2-3,5-10H2,(H,20,23,24)/b14-11+. The second-order valence-corrected chi connectivity index (χ2v) is 7.52. The molecule has 4 heterocycles. The predicted octanol–water partition coefficient (Wildman–Crippen LogP) is 1.10. The van der Waals surface area contributed by atoms with E-state index in [1.54, 1.807) is 18.3 Å². The van der Waals surface area contributed by atoms with Gasteiger partial charge in [0.05, 0.1) is 23.8 Å². The molecule has 0 unspecified atom stereocenters. The Morgan fingerprint density at radius 2 is 1.96 bits per heavy atom. The highest BCUT2D eigenvalue weighted by Crippen LogP contribution is 2.26. The van der Waals surface area contributed by atoms with Crippen LogP contribution in [0.15, 0.2) is 17.2 Å². The number of thioether (sulfide) groups is 1. The van der Waals surface area contributed by atoms with Gasteiger partial charge in [0.25, 0.3) is 11.1 Å². The van der Waals surface area contributed by atoms with Crippen molar-refractivity contribution in [2.75, 3.05) is 44.3 Å². The van der Waals surface area contributed by atoms with Gasteiger partial charge in [0.2, 0.25) is 5.95 Å². The summed E-state index contributed by atoms with van der Waals surface area (Å²) in [4.78, 5) is 37.0. The van der Waals surface area contributed by atoms with E-state index in [4.69, 9.17) is 4.74 Å². The quantitative estimate of drug-likeness (QED) is 0.786. The van der Waals surface area contributed by atoms with Gasteiger partial charge in [0.1, 0.15) is 0 Å². The molecule has 1 N–H and O–H groups in total. The normalized spacial score (nSPS) is 24.3. The van der Waals surface area contributed by atoms with E-state index in [1.807, 2.05) is 0 Å². The summed E-state index contributed by atoms with van der Waals surface area (Å²) < 4.78 is 5.43. The van der Waals surface area contributed by atoms with Gasteiger partial charge >= 0.3 is 0 Å². The van der Waals surface area contributed by atoms with Crippen molar-refractivity contribution < 1.29 is 14.3 Å². The van der Waals surface area contributed by atoms with Gasteiger partial charge in [0, 0.05) is 38.4 Å². The molecule has 8 nitrogen and oxygen atoms in total. The van der Waals surface area contributed by atoms with Gasteiger partial charge < -0.3 is 9.64 Å². The molecule has 0 saturated carbocycles. The van der Waals surface area contributed by atoms with E-state index in [0.29, 0.717) is 22.6 Å². The molecule has 0 aromatic carbocycles. The maximum Gasteiger partial charge on any atom is 0.290 e. The van der Waals surface area contributed by atoms with Crippen molar-refractivity contribution in [3.05, 3.63) is 22.9 Å². The van der Waals surface area contributed by atoms with E-state index in [9.17, 15) is 9.59 Å². The van der Waals surface area contributed by atoms with Crippen LogP contribution in [0.5, 0.6) is 0 Å². The van der Waals surface area contributed by atoms with Gasteiger partial charge in [0.15, 0.2) is 0 Å². The van der Waals surface area contributed by atoms with E-state index >= 15 is 0 Å². The third kappa shape index (κ3) is 3.89. The van der Waals surface area contributed by atoms with E-state index in [-0.39, 0.29) is 11.1 Å². The highest BCUT2D eigenvalue weighted by molar-refractivity contribution is 8.18. The van der Waals surface area contributed by atoms with Gasteiger partial charge in [-0.2, -0.15) is 0 Å². The third-order valence-corrected chi connectivity index (χ3v) is 5.71. The number of amides is 2. The van der Waals surface area contributed by atoms with Gasteiger partial charge in [-0.1, -0.05) is 0 Å². The van der Waals surface area contributed by atoms with Crippen LogP contribution in [0.25, 0.3) is 6.08 Å². The van der Waals surface area contributed by atoms with Crippen molar-refractivity contribution >= 4 is 34.9 Å². The maximum absolute atomic E-state index is 11.7. The fraction of sp³-hybridized carbons (Fsp3) is 0.529. The first-order valence-electron chi connectivity index (χ1n) is 8.84. The fourth-order valence-electron chi connectivity index (χ4n) is 3.52. The Balaban J connectivity index is 1.40. The number of piperidine rings is 1. The topological polar surface area (TPSA) is 87.7 Å². The van der Waals surface area contributed by atoms with Crippen LogP contribution in [0.3, 0.4) is 0 Å². The minimum atomic E-state index is -0.369. The maximum atomic E-state index is 11.7. The number of aromatic nitrogens is 2. The van der Waals surface area contributed by atoms with Crippen molar-refractivity contribution in [2.24, 2.45) is 0 Å². The number of carbonyl (C=O) groups excluding carboxylic acids is 2. The summed E-state index contributed by atoms with van der Waals surface area (Å²) in [6, 6.07) is 2.35. The van der Waals surface area contributed by atoms with Crippen molar-refractivity contribution in [3.63, 3.8) is 0 Å². The van der Waals surface area contributed by atoms with Gasteiger partial charge in [-0.3, -0.25) is 19.8 Å². The lowest BCUT2D eigenvalue weighted by Crippen LogP contribution is -2.49. The number of nitrogens with zero attached hydrogens (tertiary/aromatic N) is 4. The molecule has 1 aromatic rings. The largest absolute Gasteiger partial charge is 0.379 e. The Bertz CT molecular complexity index is 727. The van der Waals surface area contributed by atoms with Crippen LogP contribution in [0, 0.1) is 0 Å². The second-order valence-electron chi connectivity index (χ2n) is 6.50. The molecule has 4 rings (SSSR count). The zero-order valence-electron chi connectivity index (χ0n) is 14.4. The predicted molar refractivity (Wildman–Crippen MR) is 98.8 cm³/mol. The zero-order valence-corrected chi connectivity index (χ0v) is 15.2. The number of nitrogens with one attached hydrogen (secondary N) is 1. The van der Waals surface area contributed by atoms with E-state index in [2.05, 4.69) is 25.1 Å². The van der Waals surface area contributed by atoms with Crippen LogP contribution < -0.4 is 10.2 Å². The number of hydrogen-bond acceptors (Lipinski definition) is 8. The molecular formula is C17H21N5O3S. The van der Waals surface area contributed by atoms with Crippen LogP contribution in [0.2, 0.25) is 0 Å². The van der Waals surface area contributed by atoms with Crippen LogP contribution in [-0.4, -0.2) is 71.4 Å². The minimum absolute atomic E-state index is 0.347. The number of ether oxygens (including phenoxy) is 1. The molecule has 0 radical (unpaired) electrons. The number of carbonyl (C=O) groups is 2. The number of rotatable bonds is 3. The lowest BCUT2D eigenvalue weighted by Gasteiger charge is -2.40. The molecule has 1 aromatic heterocycles. The first-order valence-corrected chi connectivity index (χ1v) is 9.65. The Kier molecular flexibility index (Phi) is 5.18. The van der Waals surface area contributed by atoms with Gasteiger partial charge in [-0.15, -0.1) is 0 Å². The number of hydrogen-bond donors (Lipinski definition) is 1. The number of anilines is 1. The van der Waals surface area contributed by atoms with Crippen molar-refractivity contribution in [1.29, 1.82) is 0 Å². The minimum Gasteiger partial charge on any atom is -0.379 e. The smallest absolute Gasteiger partial charge is 0.290 e. The molecule has 2 amide bonds. The monoisotopic (exact) mass is 375 g/mol. The molecule has 0 atom stereocenters. The summed E-state index contributed by atoms with van der Waals surface area (Å²) in [5, 5.41) is 1.90. The molecule has 3 fully saturated rings. The molecule has 3 aliphatic rings.